The summed E-state index contributed by atoms with van der Waals surface area (Å²) in [6.07, 6.45) is 0.919. The Hall–Kier alpha value is -0.650. The molecule has 102 valence electrons. The van der Waals surface area contributed by atoms with Crippen molar-refractivity contribution >= 4 is 5.91 Å². The summed E-state index contributed by atoms with van der Waals surface area (Å²) < 4.78 is 4.98. The van der Waals surface area contributed by atoms with Crippen molar-refractivity contribution in [1.29, 1.82) is 0 Å². The van der Waals surface area contributed by atoms with Crippen molar-refractivity contribution < 1.29 is 9.53 Å². The van der Waals surface area contributed by atoms with Gasteiger partial charge in [-0.1, -0.05) is 20.3 Å². The molecule has 0 saturated heterocycles. The molecule has 0 aromatic heterocycles. The van der Waals surface area contributed by atoms with Gasteiger partial charge in [0.05, 0.1) is 12.6 Å². The zero-order valence-corrected chi connectivity index (χ0v) is 11.5. The van der Waals surface area contributed by atoms with E-state index in [1.807, 2.05) is 20.9 Å². The van der Waals surface area contributed by atoms with Crippen LogP contribution in [0.25, 0.3) is 0 Å². The maximum absolute atomic E-state index is 11.7. The zero-order valence-electron chi connectivity index (χ0n) is 11.5. The Morgan fingerprint density at radius 2 is 2.12 bits per heavy atom. The highest BCUT2D eigenvalue weighted by molar-refractivity contribution is 5.81. The summed E-state index contributed by atoms with van der Waals surface area (Å²) in [5, 5.41) is 2.86. The van der Waals surface area contributed by atoms with Crippen LogP contribution in [0.3, 0.4) is 0 Å². The molecule has 2 atom stereocenters. The quantitative estimate of drug-likeness (QED) is 0.602. The Morgan fingerprint density at radius 3 is 2.65 bits per heavy atom. The summed E-state index contributed by atoms with van der Waals surface area (Å²) in [5.41, 5.74) is 5.82. The molecule has 3 N–H and O–H groups in total. The molecule has 0 aromatic carbocycles. The van der Waals surface area contributed by atoms with Gasteiger partial charge in [-0.15, -0.1) is 0 Å². The third-order valence-corrected chi connectivity index (χ3v) is 3.03. The maximum Gasteiger partial charge on any atom is 0.237 e. The third-order valence-electron chi connectivity index (χ3n) is 3.03. The SMILES string of the molecule is CC[C@H](C)[C@H](N)C(=O)NCCN(C)CCOC. The van der Waals surface area contributed by atoms with Crippen LogP contribution in [0, 0.1) is 5.92 Å². The standard InChI is InChI=1S/C12H27N3O2/c1-5-10(2)11(13)12(16)14-6-7-15(3)8-9-17-4/h10-11H,5-9,13H2,1-4H3,(H,14,16)/t10-,11-/m0/s1. The molecule has 0 saturated carbocycles. The molecule has 0 bridgehead atoms. The lowest BCUT2D eigenvalue weighted by Gasteiger charge is -2.20. The van der Waals surface area contributed by atoms with E-state index in [4.69, 9.17) is 10.5 Å². The molecular formula is C12H27N3O2. The second-order valence-corrected chi connectivity index (χ2v) is 4.50. The number of likely N-dealkylation sites (N-methyl/N-ethyl adjacent to an activating group) is 1. The van der Waals surface area contributed by atoms with Gasteiger partial charge in [0.25, 0.3) is 0 Å². The Kier molecular flexibility index (Phi) is 9.03. The number of hydrogen-bond acceptors (Lipinski definition) is 4. The average Bonchev–Trinajstić information content (AvgIpc) is 2.34. The lowest BCUT2D eigenvalue weighted by molar-refractivity contribution is -0.123. The number of rotatable bonds is 9. The summed E-state index contributed by atoms with van der Waals surface area (Å²) in [6.45, 7) is 7.04. The number of ether oxygens (including phenoxy) is 1. The molecule has 0 radical (unpaired) electrons. The van der Waals surface area contributed by atoms with Crippen LogP contribution in [-0.2, 0) is 9.53 Å². The highest BCUT2D eigenvalue weighted by Crippen LogP contribution is 2.04. The van der Waals surface area contributed by atoms with Gasteiger partial charge in [0.2, 0.25) is 5.91 Å². The predicted octanol–water partition coefficient (Wildman–Crippen LogP) is 0.0542. The normalized spacial score (nSPS) is 14.7. The number of hydrogen-bond donors (Lipinski definition) is 2. The molecule has 17 heavy (non-hydrogen) atoms. The number of nitrogens with one attached hydrogen (secondary N) is 1. The fraction of sp³-hybridized carbons (Fsp3) is 0.917. The minimum Gasteiger partial charge on any atom is -0.383 e. The zero-order chi connectivity index (χ0) is 13.3. The van der Waals surface area contributed by atoms with E-state index in [2.05, 4.69) is 10.2 Å². The number of methoxy groups -OCH3 is 1. The van der Waals surface area contributed by atoms with E-state index in [1.54, 1.807) is 7.11 Å². The van der Waals surface area contributed by atoms with Crippen LogP contribution >= 0.6 is 0 Å². The topological polar surface area (TPSA) is 67.6 Å². The third kappa shape index (κ3) is 7.31. The van der Waals surface area contributed by atoms with Crippen molar-refractivity contribution in [3.63, 3.8) is 0 Å². The number of nitrogens with zero attached hydrogens (tertiary/aromatic N) is 1. The predicted molar refractivity (Wildman–Crippen MR) is 69.8 cm³/mol. The van der Waals surface area contributed by atoms with E-state index < -0.39 is 6.04 Å². The highest BCUT2D eigenvalue weighted by Gasteiger charge is 2.18. The monoisotopic (exact) mass is 245 g/mol. The number of nitrogens with two attached hydrogens (primary N) is 1. The van der Waals surface area contributed by atoms with E-state index in [1.165, 1.54) is 0 Å². The molecule has 0 heterocycles. The minimum atomic E-state index is -0.399. The van der Waals surface area contributed by atoms with Gasteiger partial charge in [-0.25, -0.2) is 0 Å². The maximum atomic E-state index is 11.7. The summed E-state index contributed by atoms with van der Waals surface area (Å²) >= 11 is 0. The molecule has 5 heteroatoms. The van der Waals surface area contributed by atoms with Crippen LogP contribution in [0.2, 0.25) is 0 Å². The van der Waals surface area contributed by atoms with Crippen molar-refractivity contribution in [3.8, 4) is 0 Å². The first-order chi connectivity index (χ1) is 8.02. The van der Waals surface area contributed by atoms with Crippen molar-refractivity contribution in [1.82, 2.24) is 10.2 Å². The molecule has 0 unspecified atom stereocenters. The van der Waals surface area contributed by atoms with Crippen LogP contribution < -0.4 is 11.1 Å². The number of amides is 1. The molecule has 0 aliphatic heterocycles. The van der Waals surface area contributed by atoms with Gasteiger partial charge in [-0.05, 0) is 13.0 Å². The molecule has 1 amide bonds. The Labute approximate surface area is 105 Å². The molecule has 0 rings (SSSR count). The van der Waals surface area contributed by atoms with E-state index in [0.717, 1.165) is 19.5 Å². The largest absolute Gasteiger partial charge is 0.383 e. The van der Waals surface area contributed by atoms with E-state index in [0.29, 0.717) is 13.2 Å². The van der Waals surface area contributed by atoms with Gasteiger partial charge in [-0.3, -0.25) is 4.79 Å². The van der Waals surface area contributed by atoms with E-state index in [-0.39, 0.29) is 11.8 Å². The van der Waals surface area contributed by atoms with Crippen LogP contribution in [0.1, 0.15) is 20.3 Å². The summed E-state index contributed by atoms with van der Waals surface area (Å²) in [4.78, 5) is 13.8. The van der Waals surface area contributed by atoms with Crippen molar-refractivity contribution in [2.24, 2.45) is 11.7 Å². The molecule has 5 nitrogen and oxygen atoms in total. The Morgan fingerprint density at radius 1 is 1.47 bits per heavy atom. The summed E-state index contributed by atoms with van der Waals surface area (Å²) in [7, 11) is 3.68. The molecule has 0 fully saturated rings. The highest BCUT2D eigenvalue weighted by atomic mass is 16.5. The van der Waals surface area contributed by atoms with Crippen LogP contribution in [0.15, 0.2) is 0 Å². The summed E-state index contributed by atoms with van der Waals surface area (Å²) in [5.74, 6) is 0.167. The van der Waals surface area contributed by atoms with Crippen LogP contribution in [0.4, 0.5) is 0 Å². The van der Waals surface area contributed by atoms with Gasteiger partial charge < -0.3 is 20.7 Å². The molecule has 0 aromatic rings. The van der Waals surface area contributed by atoms with Gasteiger partial charge in [0.1, 0.15) is 0 Å². The second kappa shape index (κ2) is 9.39. The lowest BCUT2D eigenvalue weighted by Crippen LogP contribution is -2.46. The van der Waals surface area contributed by atoms with Crippen LogP contribution in [-0.4, -0.2) is 57.2 Å². The minimum absolute atomic E-state index is 0.0560. The average molecular weight is 245 g/mol. The Balaban J connectivity index is 3.70. The van der Waals surface area contributed by atoms with E-state index in [9.17, 15) is 4.79 Å². The van der Waals surface area contributed by atoms with Crippen molar-refractivity contribution in [2.45, 2.75) is 26.3 Å². The van der Waals surface area contributed by atoms with Gasteiger partial charge >= 0.3 is 0 Å². The molecule has 0 aliphatic rings. The lowest BCUT2D eigenvalue weighted by atomic mass is 9.99. The van der Waals surface area contributed by atoms with Gasteiger partial charge in [-0.2, -0.15) is 0 Å². The molecule has 0 spiro atoms. The first-order valence-corrected chi connectivity index (χ1v) is 6.23. The fourth-order valence-electron chi connectivity index (χ4n) is 1.36. The van der Waals surface area contributed by atoms with Crippen LogP contribution in [0.5, 0.6) is 0 Å². The number of carbonyl (C=O) groups is 1. The summed E-state index contributed by atoms with van der Waals surface area (Å²) in [6, 6.07) is -0.399. The number of carbonyl (C=O) groups excluding carboxylic acids is 1. The second-order valence-electron chi connectivity index (χ2n) is 4.50. The fourth-order valence-corrected chi connectivity index (χ4v) is 1.36. The first kappa shape index (κ1) is 16.4. The first-order valence-electron chi connectivity index (χ1n) is 6.23. The van der Waals surface area contributed by atoms with E-state index >= 15 is 0 Å². The van der Waals surface area contributed by atoms with Gasteiger partial charge in [0.15, 0.2) is 0 Å². The Bertz CT molecular complexity index is 212. The van der Waals surface area contributed by atoms with Crippen molar-refractivity contribution in [3.05, 3.63) is 0 Å². The van der Waals surface area contributed by atoms with Crippen molar-refractivity contribution in [2.75, 3.05) is 40.4 Å². The molecular weight excluding hydrogens is 218 g/mol. The molecule has 0 aliphatic carbocycles. The van der Waals surface area contributed by atoms with Gasteiger partial charge in [0, 0.05) is 26.7 Å². The smallest absolute Gasteiger partial charge is 0.237 e.